The normalized spacial score (nSPS) is 16.0. The van der Waals surface area contributed by atoms with Gasteiger partial charge in [0.2, 0.25) is 11.8 Å². The zero-order chi connectivity index (χ0) is 13.6. The molecule has 0 unspecified atom stereocenters. The molecule has 1 aliphatic rings. The molecular weight excluding hydrogens is 311 g/mol. The fourth-order valence-electron chi connectivity index (χ4n) is 1.96. The monoisotopic (exact) mass is 316 g/mol. The molecule has 1 N–H and O–H groups in total. The number of hydrogen-bond donors (Lipinski definition) is 1. The number of amides is 2. The Morgan fingerprint density at radius 2 is 1.74 bits per heavy atom. The van der Waals surface area contributed by atoms with Crippen molar-refractivity contribution in [1.82, 2.24) is 14.1 Å². The maximum absolute atomic E-state index is 11.4. The Morgan fingerprint density at radius 3 is 2.42 bits per heavy atom. The molecule has 1 saturated heterocycles. The second kappa shape index (κ2) is 4.59. The van der Waals surface area contributed by atoms with Gasteiger partial charge >= 0.3 is 0 Å². The Kier molecular flexibility index (Phi) is 3.04. The Balaban J connectivity index is 2.16. The second-order valence-corrected chi connectivity index (χ2v) is 5.32. The summed E-state index contributed by atoms with van der Waals surface area (Å²) < 4.78 is 8.22. The summed E-state index contributed by atoms with van der Waals surface area (Å²) in [5.74, 6) is -0.753. The van der Waals surface area contributed by atoms with Gasteiger partial charge in [-0.25, -0.2) is 0 Å². The molecule has 0 atom stereocenters. The Bertz CT molecular complexity index is 686. The third-order valence-electron chi connectivity index (χ3n) is 2.68. The summed E-state index contributed by atoms with van der Waals surface area (Å²) in [6, 6.07) is 1.54. The van der Waals surface area contributed by atoms with Crippen molar-refractivity contribution in [2.24, 2.45) is 0 Å². The van der Waals surface area contributed by atoms with Crippen LogP contribution in [0, 0.1) is 0 Å². The van der Waals surface area contributed by atoms with Crippen molar-refractivity contribution in [2.45, 2.75) is 0 Å². The zero-order valence-electron chi connectivity index (χ0n) is 9.31. The molecule has 0 saturated carbocycles. The number of hydrogen-bond acceptors (Lipinski definition) is 6. The van der Waals surface area contributed by atoms with Crippen LogP contribution in [0.2, 0.25) is 10.0 Å². The van der Waals surface area contributed by atoms with E-state index in [1.54, 1.807) is 11.0 Å². The van der Waals surface area contributed by atoms with Gasteiger partial charge in [0, 0.05) is 0 Å². The molecule has 1 fully saturated rings. The van der Waals surface area contributed by atoms with Gasteiger partial charge in [0.05, 0.1) is 40.6 Å². The first kappa shape index (κ1) is 12.6. The van der Waals surface area contributed by atoms with Crippen LogP contribution in [0.5, 0.6) is 0 Å². The SMILES string of the molecule is O=C1CN(c2c(Cl)cc(Cl)c3nsnc23)CC(=O)N1. The molecule has 2 amide bonds. The average molecular weight is 317 g/mol. The number of piperazine rings is 1. The van der Waals surface area contributed by atoms with Gasteiger partial charge in [-0.1, -0.05) is 23.2 Å². The van der Waals surface area contributed by atoms with Crippen LogP contribution in [-0.4, -0.2) is 33.7 Å². The second-order valence-electron chi connectivity index (χ2n) is 3.98. The molecule has 98 valence electrons. The van der Waals surface area contributed by atoms with Crippen LogP contribution in [0.1, 0.15) is 0 Å². The molecule has 0 bridgehead atoms. The number of imide groups is 1. The van der Waals surface area contributed by atoms with Gasteiger partial charge in [-0.15, -0.1) is 0 Å². The van der Waals surface area contributed by atoms with Gasteiger partial charge in [0.25, 0.3) is 0 Å². The van der Waals surface area contributed by atoms with Crippen LogP contribution in [0.3, 0.4) is 0 Å². The maximum atomic E-state index is 11.4. The molecule has 0 radical (unpaired) electrons. The van der Waals surface area contributed by atoms with Crippen molar-refractivity contribution in [3.05, 3.63) is 16.1 Å². The third kappa shape index (κ3) is 2.13. The quantitative estimate of drug-likeness (QED) is 0.806. The van der Waals surface area contributed by atoms with Crippen molar-refractivity contribution < 1.29 is 9.59 Å². The lowest BCUT2D eigenvalue weighted by molar-refractivity contribution is -0.130. The molecule has 3 rings (SSSR count). The van der Waals surface area contributed by atoms with Crippen LogP contribution >= 0.6 is 34.9 Å². The number of benzene rings is 1. The minimum absolute atomic E-state index is 0.0414. The highest BCUT2D eigenvalue weighted by molar-refractivity contribution is 7.00. The van der Waals surface area contributed by atoms with Crippen molar-refractivity contribution >= 4 is 63.5 Å². The van der Waals surface area contributed by atoms with Crippen molar-refractivity contribution in [3.63, 3.8) is 0 Å². The van der Waals surface area contributed by atoms with Crippen LogP contribution in [-0.2, 0) is 9.59 Å². The van der Waals surface area contributed by atoms with E-state index >= 15 is 0 Å². The molecule has 0 aliphatic carbocycles. The van der Waals surface area contributed by atoms with E-state index in [-0.39, 0.29) is 24.9 Å². The Hall–Kier alpha value is -1.44. The minimum Gasteiger partial charge on any atom is -0.350 e. The summed E-state index contributed by atoms with van der Waals surface area (Å²) in [6.45, 7) is 0.0828. The first-order valence-corrected chi connectivity index (χ1v) is 6.73. The van der Waals surface area contributed by atoms with Gasteiger partial charge in [-0.3, -0.25) is 14.9 Å². The summed E-state index contributed by atoms with van der Waals surface area (Å²) in [5.41, 5.74) is 1.53. The molecule has 2 heterocycles. The summed E-state index contributed by atoms with van der Waals surface area (Å²) in [7, 11) is 0. The molecule has 9 heteroatoms. The molecule has 2 aromatic rings. The average Bonchev–Trinajstić information content (AvgIpc) is 2.76. The third-order valence-corrected chi connectivity index (χ3v) is 3.79. The van der Waals surface area contributed by atoms with Crippen LogP contribution in [0.15, 0.2) is 6.07 Å². The summed E-state index contributed by atoms with van der Waals surface area (Å²) >= 11 is 13.2. The predicted octanol–water partition coefficient (Wildman–Crippen LogP) is 1.46. The lowest BCUT2D eigenvalue weighted by Crippen LogP contribution is -2.51. The predicted molar refractivity (Wildman–Crippen MR) is 72.8 cm³/mol. The largest absolute Gasteiger partial charge is 0.350 e. The highest BCUT2D eigenvalue weighted by Gasteiger charge is 2.27. The number of anilines is 1. The topological polar surface area (TPSA) is 75.2 Å². The number of carbonyl (C=O) groups excluding carboxylic acids is 2. The molecule has 1 aliphatic heterocycles. The molecule has 1 aromatic carbocycles. The molecule has 0 spiro atoms. The fraction of sp³-hybridized carbons (Fsp3) is 0.200. The summed E-state index contributed by atoms with van der Waals surface area (Å²) in [5, 5.41) is 2.96. The summed E-state index contributed by atoms with van der Waals surface area (Å²) in [6.07, 6.45) is 0. The van der Waals surface area contributed by atoms with Crippen molar-refractivity contribution in [2.75, 3.05) is 18.0 Å². The molecule has 1 aromatic heterocycles. The number of aromatic nitrogens is 2. The number of nitrogens with zero attached hydrogens (tertiary/aromatic N) is 3. The van der Waals surface area contributed by atoms with E-state index in [1.165, 1.54) is 0 Å². The van der Waals surface area contributed by atoms with E-state index in [4.69, 9.17) is 23.2 Å². The smallest absolute Gasteiger partial charge is 0.246 e. The zero-order valence-corrected chi connectivity index (χ0v) is 11.6. The Labute approximate surface area is 121 Å². The van der Waals surface area contributed by atoms with Crippen molar-refractivity contribution in [3.8, 4) is 0 Å². The van der Waals surface area contributed by atoms with E-state index < -0.39 is 0 Å². The summed E-state index contributed by atoms with van der Waals surface area (Å²) in [4.78, 5) is 24.4. The lowest BCUT2D eigenvalue weighted by Gasteiger charge is -2.28. The number of rotatable bonds is 1. The minimum atomic E-state index is -0.376. The van der Waals surface area contributed by atoms with Crippen LogP contribution in [0.4, 0.5) is 5.69 Å². The van der Waals surface area contributed by atoms with Crippen molar-refractivity contribution in [1.29, 1.82) is 0 Å². The van der Waals surface area contributed by atoms with E-state index in [1.807, 2.05) is 0 Å². The number of nitrogens with one attached hydrogen (secondary N) is 1. The standard InChI is InChI=1S/C10H6Cl2N4O2S/c11-4-1-5(12)10(9-8(4)14-19-15-9)16-2-6(17)13-7(18)3-16/h1H,2-3H2,(H,13,17,18). The van der Waals surface area contributed by atoms with E-state index in [9.17, 15) is 9.59 Å². The van der Waals surface area contributed by atoms with E-state index in [0.29, 0.717) is 26.8 Å². The van der Waals surface area contributed by atoms with E-state index in [0.717, 1.165) is 11.7 Å². The Morgan fingerprint density at radius 1 is 1.11 bits per heavy atom. The maximum Gasteiger partial charge on any atom is 0.246 e. The number of halogens is 2. The molecular formula is C10H6Cl2N4O2S. The van der Waals surface area contributed by atoms with Crippen LogP contribution in [0.25, 0.3) is 11.0 Å². The highest BCUT2D eigenvalue weighted by Crippen LogP contribution is 2.37. The number of carbonyl (C=O) groups is 2. The first-order chi connectivity index (χ1) is 9.06. The van der Waals surface area contributed by atoms with Gasteiger partial charge in [0.1, 0.15) is 11.0 Å². The lowest BCUT2D eigenvalue weighted by atomic mass is 10.2. The van der Waals surface area contributed by atoms with Gasteiger partial charge in [-0.05, 0) is 6.07 Å². The van der Waals surface area contributed by atoms with Gasteiger partial charge < -0.3 is 4.90 Å². The fourth-order valence-corrected chi connectivity index (χ4v) is 3.18. The highest BCUT2D eigenvalue weighted by atomic mass is 35.5. The van der Waals surface area contributed by atoms with Gasteiger partial charge in [0.15, 0.2) is 0 Å². The van der Waals surface area contributed by atoms with E-state index in [2.05, 4.69) is 14.1 Å². The number of fused-ring (bicyclic) bond motifs is 1. The van der Waals surface area contributed by atoms with Gasteiger partial charge in [-0.2, -0.15) is 8.75 Å². The molecule has 6 nitrogen and oxygen atoms in total. The van der Waals surface area contributed by atoms with Crippen LogP contribution < -0.4 is 10.2 Å². The first-order valence-electron chi connectivity index (χ1n) is 5.24. The molecule has 19 heavy (non-hydrogen) atoms.